The number of rotatable bonds is 35. The van der Waals surface area contributed by atoms with E-state index in [0.717, 1.165) is 44.1 Å². The van der Waals surface area contributed by atoms with Gasteiger partial charge in [-0.15, -0.1) is 0 Å². The number of Topliss-reactive ketones (excluding diaryl/α,β-unsaturated/α-hetero) is 1. The van der Waals surface area contributed by atoms with Crippen LogP contribution >= 0.6 is 23.5 Å². The van der Waals surface area contributed by atoms with Crippen molar-refractivity contribution >= 4 is 71.1 Å². The number of amides is 5. The lowest BCUT2D eigenvalue weighted by molar-refractivity contribution is -0.310. The Morgan fingerprint density at radius 3 is 1.45 bits per heavy atom. The Morgan fingerprint density at radius 2 is 0.978 bits per heavy atom. The summed E-state index contributed by atoms with van der Waals surface area (Å²) in [4.78, 5) is 102. The van der Waals surface area contributed by atoms with E-state index in [0.29, 0.717) is 89.2 Å². The van der Waals surface area contributed by atoms with Gasteiger partial charge < -0.3 is 81.3 Å². The van der Waals surface area contributed by atoms with Gasteiger partial charge in [0, 0.05) is 80.8 Å². The third kappa shape index (κ3) is 21.8. The average Bonchev–Trinajstić information content (AvgIpc) is 0.822. The standard InChI is InChI=1S/C67H93N5O19S2/c1-41(74)71-56-52(77)36-66(40-73,90-60(56)58(81)54(79)38-69-63(84)49-23-17-45(18-24-49)43-12-5-3-6-13-43)88-30-10-34-93-35-29-68-62(83)48-27-21-47(22-28-48)51(76)16-9-32-92-33-11-31-89-67(65(86)87)37-53(78)57(72-42(2)75)61(91-67)59(82)55(80)39-70-64(85)50-25-19-46(20-26-50)44-14-7-4-8-15-44/h17-28,40,43-44,52-61,77-82H,3-16,29-39H2,1-2H3,(H,68,83)(H,69,84)(H,70,85)(H,71,74)(H,72,75)(H,86,87)/t52-,53-,54+,55+,56+,57+,58+,59+,60+,61+,66+,67+/m0/s1. The zero-order valence-electron chi connectivity index (χ0n) is 53.0. The first-order valence-electron chi connectivity index (χ1n) is 32.4. The third-order valence-corrected chi connectivity index (χ3v) is 19.8. The monoisotopic (exact) mass is 1340 g/mol. The van der Waals surface area contributed by atoms with Crippen LogP contribution in [0.1, 0.15) is 181 Å². The van der Waals surface area contributed by atoms with Crippen molar-refractivity contribution in [2.75, 3.05) is 55.9 Å². The van der Waals surface area contributed by atoms with Gasteiger partial charge in [-0.3, -0.25) is 33.6 Å². The molecular weight excluding hydrogens is 1240 g/mol. The van der Waals surface area contributed by atoms with Gasteiger partial charge >= 0.3 is 5.97 Å². The number of benzene rings is 3. The second kappa shape index (κ2) is 36.9. The van der Waals surface area contributed by atoms with Crippen LogP contribution in [0.4, 0.5) is 0 Å². The number of aliphatic carboxylic acids is 1. The molecule has 3 aromatic carbocycles. The third-order valence-electron chi connectivity index (χ3n) is 17.6. The lowest BCUT2D eigenvalue weighted by Crippen LogP contribution is -2.68. The highest BCUT2D eigenvalue weighted by Crippen LogP contribution is 2.37. The van der Waals surface area contributed by atoms with Crippen LogP contribution in [0, 0.1) is 0 Å². The largest absolute Gasteiger partial charge is 0.477 e. The van der Waals surface area contributed by atoms with Crippen molar-refractivity contribution < 1.29 is 93.0 Å². The lowest BCUT2D eigenvalue weighted by atomic mass is 9.84. The summed E-state index contributed by atoms with van der Waals surface area (Å²) in [6, 6.07) is 18.3. The van der Waals surface area contributed by atoms with Crippen LogP contribution in [0.3, 0.4) is 0 Å². The Hall–Kier alpha value is -5.88. The minimum absolute atomic E-state index is 0.00726. The summed E-state index contributed by atoms with van der Waals surface area (Å²) in [7, 11) is 0. The van der Waals surface area contributed by atoms with Gasteiger partial charge in [-0.2, -0.15) is 23.5 Å². The fourth-order valence-corrected chi connectivity index (χ4v) is 14.1. The molecule has 12 N–H and O–H groups in total. The molecule has 2 heterocycles. The van der Waals surface area contributed by atoms with E-state index < -0.39 is 122 Å². The van der Waals surface area contributed by atoms with Crippen LogP contribution in [-0.2, 0) is 38.1 Å². The number of aliphatic hydroxyl groups excluding tert-OH is 6. The first-order chi connectivity index (χ1) is 44.6. The highest BCUT2D eigenvalue weighted by atomic mass is 32.2. The van der Waals surface area contributed by atoms with Crippen molar-refractivity contribution in [3.63, 3.8) is 0 Å². The molecule has 2 saturated carbocycles. The number of carboxylic acids is 1. The van der Waals surface area contributed by atoms with Gasteiger partial charge in [-0.05, 0) is 122 Å². The predicted molar refractivity (Wildman–Crippen MR) is 347 cm³/mol. The molecule has 4 fully saturated rings. The van der Waals surface area contributed by atoms with Gasteiger partial charge in [0.1, 0.15) is 24.4 Å². The summed E-state index contributed by atoms with van der Waals surface area (Å²) in [5.41, 5.74) is 3.83. The molecule has 0 unspecified atom stereocenters. The SMILES string of the molecule is CC(=O)N[C@H]1[C@H]([C@H](O)[C@H](O)CNC(=O)c2ccc(C3CCCCC3)cc2)O[C@](C=O)(OCCCSCCNC(=O)c2ccc(C(=O)CCCSCCCO[C@]3(C(=O)O)C[C@H](O)[C@@H](NC(C)=O)[C@H]([C@H](O)[C@H](O)CNC(=O)c4ccc(C5CCCCC5)cc4)O3)cc2)C[C@@H]1O. The molecule has 0 bridgehead atoms. The molecule has 5 amide bonds. The number of aldehydes is 1. The maximum Gasteiger partial charge on any atom is 0.364 e. The number of hydrogen-bond acceptors (Lipinski definition) is 20. The Bertz CT molecular complexity index is 2920. The molecule has 93 heavy (non-hydrogen) atoms. The molecule has 12 atom stereocenters. The Balaban J connectivity index is 0.761. The number of nitrogens with one attached hydrogen (secondary N) is 5. The van der Waals surface area contributed by atoms with Gasteiger partial charge in [0.2, 0.25) is 17.6 Å². The molecule has 4 aliphatic rings. The van der Waals surface area contributed by atoms with E-state index in [1.54, 1.807) is 48.5 Å². The molecule has 0 radical (unpaired) electrons. The van der Waals surface area contributed by atoms with Gasteiger partial charge in [0.05, 0.1) is 49.7 Å². The van der Waals surface area contributed by atoms with Gasteiger partial charge in [0.25, 0.3) is 23.5 Å². The van der Waals surface area contributed by atoms with Crippen LogP contribution in [0.15, 0.2) is 72.8 Å². The van der Waals surface area contributed by atoms with Crippen LogP contribution in [-0.4, -0.2) is 212 Å². The average molecular weight is 1340 g/mol. The van der Waals surface area contributed by atoms with E-state index in [4.69, 9.17) is 18.9 Å². The quantitative estimate of drug-likeness (QED) is 0.0224. The molecule has 0 aromatic heterocycles. The summed E-state index contributed by atoms with van der Waals surface area (Å²) in [5.74, 6) is -5.64. The fraction of sp³-hybridized carbons (Fsp3) is 0.612. The Kier molecular flexibility index (Phi) is 29.5. The molecule has 512 valence electrons. The molecule has 7 rings (SSSR count). The molecule has 2 aliphatic carbocycles. The number of aliphatic hydroxyl groups is 6. The number of ketones is 1. The number of ether oxygens (including phenoxy) is 4. The maximum absolute atomic E-state index is 13.0. The molecule has 0 spiro atoms. The van der Waals surface area contributed by atoms with Crippen LogP contribution in [0.2, 0.25) is 0 Å². The molecule has 2 saturated heterocycles. The molecular formula is C67H93N5O19S2. The fourth-order valence-electron chi connectivity index (χ4n) is 12.4. The lowest BCUT2D eigenvalue weighted by Gasteiger charge is -2.46. The summed E-state index contributed by atoms with van der Waals surface area (Å²) >= 11 is 3.00. The van der Waals surface area contributed by atoms with Crippen LogP contribution in [0.25, 0.3) is 0 Å². The summed E-state index contributed by atoms with van der Waals surface area (Å²) in [6.07, 6.45) is -0.829. The van der Waals surface area contributed by atoms with Gasteiger partial charge in [0.15, 0.2) is 12.1 Å². The first-order valence-corrected chi connectivity index (χ1v) is 34.7. The van der Waals surface area contributed by atoms with E-state index in [1.165, 1.54) is 68.6 Å². The number of carboxylic acid groups (broad SMARTS) is 1. The maximum atomic E-state index is 13.0. The van der Waals surface area contributed by atoms with E-state index in [1.807, 2.05) is 24.3 Å². The molecule has 26 heteroatoms. The van der Waals surface area contributed by atoms with Crippen molar-refractivity contribution in [1.29, 1.82) is 0 Å². The topological polar surface area (TPSA) is 375 Å². The normalized spacial score (nSPS) is 24.9. The Morgan fingerprint density at radius 1 is 0.559 bits per heavy atom. The number of hydrogen-bond donors (Lipinski definition) is 12. The van der Waals surface area contributed by atoms with Crippen molar-refractivity contribution in [3.05, 3.63) is 106 Å². The van der Waals surface area contributed by atoms with E-state index in [-0.39, 0.29) is 37.7 Å². The zero-order chi connectivity index (χ0) is 67.1. The first kappa shape index (κ1) is 74.5. The van der Waals surface area contributed by atoms with Crippen LogP contribution < -0.4 is 26.6 Å². The second-order valence-corrected chi connectivity index (χ2v) is 27.0. The number of thioether (sulfide) groups is 2. The highest BCUT2D eigenvalue weighted by Gasteiger charge is 2.56. The molecule has 24 nitrogen and oxygen atoms in total. The van der Waals surface area contributed by atoms with E-state index in [9.17, 15) is 74.1 Å². The van der Waals surface area contributed by atoms with Crippen LogP contribution in [0.5, 0.6) is 0 Å². The van der Waals surface area contributed by atoms with Crippen molar-refractivity contribution in [2.24, 2.45) is 0 Å². The minimum Gasteiger partial charge on any atom is -0.477 e. The second-order valence-electron chi connectivity index (χ2n) is 24.6. The summed E-state index contributed by atoms with van der Waals surface area (Å²) in [6.45, 7) is 1.66. The summed E-state index contributed by atoms with van der Waals surface area (Å²) < 4.78 is 23.5. The van der Waals surface area contributed by atoms with Crippen molar-refractivity contribution in [1.82, 2.24) is 26.6 Å². The Labute approximate surface area is 551 Å². The molecule has 3 aromatic rings. The smallest absolute Gasteiger partial charge is 0.364 e. The van der Waals surface area contributed by atoms with Gasteiger partial charge in [-0.1, -0.05) is 74.9 Å². The summed E-state index contributed by atoms with van der Waals surface area (Å²) in [5, 5.41) is 90.4. The van der Waals surface area contributed by atoms with Crippen molar-refractivity contribution in [2.45, 2.75) is 201 Å². The highest BCUT2D eigenvalue weighted by molar-refractivity contribution is 7.99. The zero-order valence-corrected chi connectivity index (χ0v) is 54.6. The predicted octanol–water partition coefficient (Wildman–Crippen LogP) is 4.04. The minimum atomic E-state index is -2.46. The van der Waals surface area contributed by atoms with Crippen molar-refractivity contribution in [3.8, 4) is 0 Å². The van der Waals surface area contributed by atoms with E-state index >= 15 is 0 Å². The van der Waals surface area contributed by atoms with E-state index in [2.05, 4.69) is 26.6 Å². The number of carbonyl (C=O) groups excluding carboxylic acids is 7. The number of carbonyl (C=O) groups is 8. The molecule has 2 aliphatic heterocycles. The van der Waals surface area contributed by atoms with Gasteiger partial charge in [-0.25, -0.2) is 4.79 Å².